The number of anilines is 1. The van der Waals surface area contributed by atoms with E-state index in [1.54, 1.807) is 0 Å². The average Bonchev–Trinajstić information content (AvgIpc) is 2.74. The zero-order valence-electron chi connectivity index (χ0n) is 10.6. The van der Waals surface area contributed by atoms with Crippen molar-refractivity contribution in [2.75, 3.05) is 5.32 Å². The molecule has 0 spiro atoms. The highest BCUT2D eigenvalue weighted by Gasteiger charge is 2.14. The third-order valence-electron chi connectivity index (χ3n) is 2.56. The predicted molar refractivity (Wildman–Crippen MR) is 69.6 cm³/mol. The van der Waals surface area contributed by atoms with Crippen molar-refractivity contribution in [3.05, 3.63) is 41.7 Å². The monoisotopic (exact) mass is 295 g/mol. The van der Waals surface area contributed by atoms with Crippen molar-refractivity contribution < 1.29 is 18.4 Å². The number of hydrogen-bond acceptors (Lipinski definition) is 3. The Balaban J connectivity index is 2.44. The molecular formula is C12H11F2N5O2. The van der Waals surface area contributed by atoms with Crippen molar-refractivity contribution in [3.63, 3.8) is 0 Å². The van der Waals surface area contributed by atoms with E-state index in [4.69, 9.17) is 11.5 Å². The van der Waals surface area contributed by atoms with Gasteiger partial charge in [0.2, 0.25) is 5.91 Å². The zero-order valence-corrected chi connectivity index (χ0v) is 10.6. The van der Waals surface area contributed by atoms with Gasteiger partial charge in [0.05, 0.1) is 29.7 Å². The van der Waals surface area contributed by atoms with Crippen LogP contribution in [0.5, 0.6) is 0 Å². The van der Waals surface area contributed by atoms with Crippen LogP contribution in [0.1, 0.15) is 5.69 Å². The Kier molecular flexibility index (Phi) is 3.83. The molecule has 3 amide bonds. The number of rotatable bonds is 4. The molecule has 1 heterocycles. The van der Waals surface area contributed by atoms with Gasteiger partial charge in [-0.05, 0) is 12.1 Å². The van der Waals surface area contributed by atoms with Crippen LogP contribution >= 0.6 is 0 Å². The first kappa shape index (κ1) is 14.4. The Labute approximate surface area is 117 Å². The SMILES string of the molecule is NC(=O)Cc1nn(-c2ccc(F)c(F)c2)cc1NC(N)=O. The molecule has 0 unspecified atom stereocenters. The summed E-state index contributed by atoms with van der Waals surface area (Å²) < 4.78 is 27.3. The van der Waals surface area contributed by atoms with Crippen LogP contribution in [0.15, 0.2) is 24.4 Å². The number of amides is 3. The van der Waals surface area contributed by atoms with Gasteiger partial charge in [-0.25, -0.2) is 18.3 Å². The van der Waals surface area contributed by atoms with Gasteiger partial charge < -0.3 is 16.8 Å². The molecule has 5 N–H and O–H groups in total. The number of primary amides is 2. The molecule has 2 aromatic rings. The van der Waals surface area contributed by atoms with E-state index in [2.05, 4.69) is 10.4 Å². The number of carbonyl (C=O) groups is 2. The minimum atomic E-state index is -1.05. The Morgan fingerprint density at radius 2 is 1.95 bits per heavy atom. The first-order valence-corrected chi connectivity index (χ1v) is 5.75. The summed E-state index contributed by atoms with van der Waals surface area (Å²) in [6, 6.07) is 2.28. The van der Waals surface area contributed by atoms with E-state index in [0.29, 0.717) is 0 Å². The summed E-state index contributed by atoms with van der Waals surface area (Å²) in [5.74, 6) is -2.72. The Hall–Kier alpha value is -2.97. The molecular weight excluding hydrogens is 284 g/mol. The first-order chi connectivity index (χ1) is 9.86. The smallest absolute Gasteiger partial charge is 0.316 e. The molecule has 7 nitrogen and oxygen atoms in total. The second kappa shape index (κ2) is 5.57. The number of nitrogens with one attached hydrogen (secondary N) is 1. The fourth-order valence-corrected chi connectivity index (χ4v) is 1.70. The Morgan fingerprint density at radius 1 is 1.24 bits per heavy atom. The molecule has 0 fully saturated rings. The van der Waals surface area contributed by atoms with Gasteiger partial charge in [0.15, 0.2) is 11.6 Å². The number of nitrogens with zero attached hydrogens (tertiary/aromatic N) is 2. The van der Waals surface area contributed by atoms with Crippen molar-refractivity contribution in [2.45, 2.75) is 6.42 Å². The topological polar surface area (TPSA) is 116 Å². The van der Waals surface area contributed by atoms with Crippen molar-refractivity contribution in [2.24, 2.45) is 11.5 Å². The van der Waals surface area contributed by atoms with Gasteiger partial charge >= 0.3 is 6.03 Å². The second-order valence-corrected chi connectivity index (χ2v) is 4.16. The summed E-state index contributed by atoms with van der Waals surface area (Å²) in [6.07, 6.45) is 1.07. The predicted octanol–water partition coefficient (Wildman–Crippen LogP) is 0.669. The van der Waals surface area contributed by atoms with Crippen LogP contribution in [0.25, 0.3) is 5.69 Å². The van der Waals surface area contributed by atoms with E-state index in [1.807, 2.05) is 0 Å². The molecule has 110 valence electrons. The third-order valence-corrected chi connectivity index (χ3v) is 2.56. The van der Waals surface area contributed by atoms with E-state index in [-0.39, 0.29) is 23.5 Å². The number of hydrogen-bond donors (Lipinski definition) is 3. The maximum Gasteiger partial charge on any atom is 0.316 e. The van der Waals surface area contributed by atoms with Crippen LogP contribution in [0, 0.1) is 11.6 Å². The van der Waals surface area contributed by atoms with Gasteiger partial charge in [0, 0.05) is 6.07 Å². The Morgan fingerprint density at radius 3 is 2.52 bits per heavy atom. The molecule has 0 bridgehead atoms. The number of aromatic nitrogens is 2. The lowest BCUT2D eigenvalue weighted by Gasteiger charge is -2.01. The van der Waals surface area contributed by atoms with Crippen molar-refractivity contribution in [1.29, 1.82) is 0 Å². The number of urea groups is 1. The maximum atomic E-state index is 13.2. The lowest BCUT2D eigenvalue weighted by molar-refractivity contribution is -0.117. The molecule has 2 rings (SSSR count). The minimum absolute atomic E-state index is 0.158. The summed E-state index contributed by atoms with van der Waals surface area (Å²) in [5.41, 5.74) is 10.6. The van der Waals surface area contributed by atoms with E-state index in [0.717, 1.165) is 12.1 Å². The molecule has 0 aliphatic rings. The highest BCUT2D eigenvalue weighted by molar-refractivity contribution is 5.89. The lowest BCUT2D eigenvalue weighted by Crippen LogP contribution is -2.21. The molecule has 0 aliphatic carbocycles. The molecule has 21 heavy (non-hydrogen) atoms. The first-order valence-electron chi connectivity index (χ1n) is 5.75. The molecule has 0 saturated heterocycles. The molecule has 0 saturated carbocycles. The largest absolute Gasteiger partial charge is 0.369 e. The molecule has 1 aromatic heterocycles. The normalized spacial score (nSPS) is 10.4. The van der Waals surface area contributed by atoms with Crippen LogP contribution in [-0.2, 0) is 11.2 Å². The average molecular weight is 295 g/mol. The van der Waals surface area contributed by atoms with E-state index in [1.165, 1.54) is 16.9 Å². The maximum absolute atomic E-state index is 13.2. The summed E-state index contributed by atoms with van der Waals surface area (Å²) in [7, 11) is 0. The summed E-state index contributed by atoms with van der Waals surface area (Å²) >= 11 is 0. The summed E-state index contributed by atoms with van der Waals surface area (Å²) in [5, 5.41) is 6.28. The third kappa shape index (κ3) is 3.32. The van der Waals surface area contributed by atoms with Crippen molar-refractivity contribution in [3.8, 4) is 5.69 Å². The second-order valence-electron chi connectivity index (χ2n) is 4.16. The van der Waals surface area contributed by atoms with Gasteiger partial charge in [0.25, 0.3) is 0 Å². The molecule has 0 radical (unpaired) electrons. The van der Waals surface area contributed by atoms with Crippen LogP contribution < -0.4 is 16.8 Å². The van der Waals surface area contributed by atoms with Crippen molar-refractivity contribution >= 4 is 17.6 Å². The van der Waals surface area contributed by atoms with Crippen LogP contribution in [-0.4, -0.2) is 21.7 Å². The van der Waals surface area contributed by atoms with Crippen LogP contribution in [0.3, 0.4) is 0 Å². The highest BCUT2D eigenvalue weighted by atomic mass is 19.2. The van der Waals surface area contributed by atoms with Gasteiger partial charge in [0.1, 0.15) is 0 Å². The van der Waals surface area contributed by atoms with Gasteiger partial charge in [-0.2, -0.15) is 5.10 Å². The molecule has 1 aromatic carbocycles. The fraction of sp³-hybridized carbons (Fsp3) is 0.0833. The van der Waals surface area contributed by atoms with Crippen LogP contribution in [0.4, 0.5) is 19.3 Å². The lowest BCUT2D eigenvalue weighted by atomic mass is 10.2. The number of nitrogens with two attached hydrogens (primary N) is 2. The zero-order chi connectivity index (χ0) is 15.6. The van der Waals surface area contributed by atoms with Crippen LogP contribution in [0.2, 0.25) is 0 Å². The van der Waals surface area contributed by atoms with Crippen molar-refractivity contribution in [1.82, 2.24) is 9.78 Å². The van der Waals surface area contributed by atoms with Gasteiger partial charge in [-0.1, -0.05) is 0 Å². The van der Waals surface area contributed by atoms with E-state index >= 15 is 0 Å². The molecule has 9 heteroatoms. The van der Waals surface area contributed by atoms with Gasteiger partial charge in [-0.3, -0.25) is 4.79 Å². The molecule has 0 atom stereocenters. The molecule has 0 aliphatic heterocycles. The highest BCUT2D eigenvalue weighted by Crippen LogP contribution is 2.19. The summed E-state index contributed by atoms with van der Waals surface area (Å²) in [4.78, 5) is 21.9. The van der Waals surface area contributed by atoms with E-state index in [9.17, 15) is 18.4 Å². The number of halogens is 2. The number of benzene rings is 1. The fourth-order valence-electron chi connectivity index (χ4n) is 1.70. The van der Waals surface area contributed by atoms with E-state index < -0.39 is 23.6 Å². The standard InChI is InChI=1S/C12H11F2N5O2/c13-7-2-1-6(3-8(7)14)19-5-10(17-12(16)21)9(18-19)4-11(15)20/h1-3,5H,4H2,(H2,15,20)(H3,16,17,21). The number of carbonyl (C=O) groups excluding carboxylic acids is 2. The summed E-state index contributed by atoms with van der Waals surface area (Å²) in [6.45, 7) is 0. The quantitative estimate of drug-likeness (QED) is 0.769. The minimum Gasteiger partial charge on any atom is -0.369 e. The Bertz CT molecular complexity index is 680. The van der Waals surface area contributed by atoms with Gasteiger partial charge in [-0.15, -0.1) is 0 Å².